The van der Waals surface area contributed by atoms with Crippen LogP contribution in [0.4, 0.5) is 0 Å². The number of benzene rings is 2. The van der Waals surface area contributed by atoms with E-state index < -0.39 is 17.9 Å². The van der Waals surface area contributed by atoms with E-state index in [1.54, 1.807) is 44.7 Å². The Morgan fingerprint density at radius 2 is 1.38 bits per heavy atom. The molecular formula is C30H31N2O5+. The SMILES string of the molecule is CCOC(=O)C1=C(C)NC(C)=C(C(=O)OCC)C1c1cc[n+](CC(=O)c2ccc3ccccc3c2)cc1. The second-order valence-electron chi connectivity index (χ2n) is 8.87. The van der Waals surface area contributed by atoms with E-state index in [0.717, 1.165) is 16.3 Å². The van der Waals surface area contributed by atoms with Gasteiger partial charge in [0, 0.05) is 29.1 Å². The van der Waals surface area contributed by atoms with Crippen LogP contribution in [0.25, 0.3) is 10.8 Å². The molecule has 0 saturated heterocycles. The van der Waals surface area contributed by atoms with Gasteiger partial charge in [0.2, 0.25) is 12.3 Å². The Morgan fingerprint density at radius 3 is 1.95 bits per heavy atom. The zero-order valence-corrected chi connectivity index (χ0v) is 21.5. The molecule has 0 radical (unpaired) electrons. The number of carbonyl (C=O) groups is 3. The lowest BCUT2D eigenvalue weighted by Gasteiger charge is -2.30. The Hall–Kier alpha value is -4.26. The molecular weight excluding hydrogens is 468 g/mol. The third-order valence-corrected chi connectivity index (χ3v) is 6.40. The number of carbonyl (C=O) groups excluding carboxylic acids is 3. The molecule has 4 rings (SSSR count). The van der Waals surface area contributed by atoms with Gasteiger partial charge in [0.05, 0.1) is 30.3 Å². The highest BCUT2D eigenvalue weighted by Gasteiger charge is 2.38. The molecule has 0 bridgehead atoms. The first-order valence-corrected chi connectivity index (χ1v) is 12.4. The van der Waals surface area contributed by atoms with E-state index in [1.165, 1.54) is 0 Å². The second-order valence-corrected chi connectivity index (χ2v) is 8.87. The van der Waals surface area contributed by atoms with E-state index >= 15 is 0 Å². The molecule has 0 spiro atoms. The van der Waals surface area contributed by atoms with Gasteiger partial charge in [-0.3, -0.25) is 4.79 Å². The van der Waals surface area contributed by atoms with Crippen LogP contribution in [0, 0.1) is 0 Å². The number of allylic oxidation sites excluding steroid dienone is 2. The van der Waals surface area contributed by atoms with Crippen LogP contribution in [0.5, 0.6) is 0 Å². The highest BCUT2D eigenvalue weighted by atomic mass is 16.5. The van der Waals surface area contributed by atoms with Crippen molar-refractivity contribution in [3.63, 3.8) is 0 Å². The lowest BCUT2D eigenvalue weighted by Crippen LogP contribution is -2.38. The van der Waals surface area contributed by atoms with Gasteiger partial charge in [-0.1, -0.05) is 36.4 Å². The van der Waals surface area contributed by atoms with Gasteiger partial charge < -0.3 is 14.8 Å². The van der Waals surface area contributed by atoms with Crippen LogP contribution in [0.1, 0.15) is 49.5 Å². The summed E-state index contributed by atoms with van der Waals surface area (Å²) < 4.78 is 12.4. The molecule has 1 aromatic heterocycles. The molecule has 190 valence electrons. The monoisotopic (exact) mass is 499 g/mol. The van der Waals surface area contributed by atoms with E-state index in [1.807, 2.05) is 54.6 Å². The fraction of sp³-hybridized carbons (Fsp3) is 0.267. The minimum atomic E-state index is -0.662. The van der Waals surface area contributed by atoms with Gasteiger partial charge in [0.1, 0.15) is 0 Å². The van der Waals surface area contributed by atoms with E-state index in [0.29, 0.717) is 28.1 Å². The highest BCUT2D eigenvalue weighted by molar-refractivity contribution is 6.00. The van der Waals surface area contributed by atoms with Gasteiger partial charge in [0.25, 0.3) is 0 Å². The fourth-order valence-electron chi connectivity index (χ4n) is 4.67. The van der Waals surface area contributed by atoms with Crippen LogP contribution >= 0.6 is 0 Å². The largest absolute Gasteiger partial charge is 0.463 e. The van der Waals surface area contributed by atoms with Gasteiger partial charge >= 0.3 is 11.9 Å². The highest BCUT2D eigenvalue weighted by Crippen LogP contribution is 2.38. The first kappa shape index (κ1) is 25.8. The number of ether oxygens (including phenoxy) is 2. The van der Waals surface area contributed by atoms with Crippen LogP contribution < -0.4 is 9.88 Å². The summed E-state index contributed by atoms with van der Waals surface area (Å²) in [5.74, 6) is -1.66. The van der Waals surface area contributed by atoms with Crippen LogP contribution in [-0.2, 0) is 25.6 Å². The minimum absolute atomic E-state index is 0.0173. The molecule has 1 aliphatic rings. The molecule has 2 aromatic carbocycles. The molecule has 3 aromatic rings. The second kappa shape index (κ2) is 11.2. The normalized spacial score (nSPS) is 13.9. The molecule has 7 nitrogen and oxygen atoms in total. The molecule has 37 heavy (non-hydrogen) atoms. The number of nitrogens with one attached hydrogen (secondary N) is 1. The van der Waals surface area contributed by atoms with Crippen molar-refractivity contribution in [2.45, 2.75) is 40.2 Å². The fourth-order valence-corrected chi connectivity index (χ4v) is 4.67. The predicted molar refractivity (Wildman–Crippen MR) is 139 cm³/mol. The van der Waals surface area contributed by atoms with Crippen LogP contribution in [0.2, 0.25) is 0 Å². The maximum Gasteiger partial charge on any atom is 0.336 e. The van der Waals surface area contributed by atoms with Crippen LogP contribution in [0.15, 0.2) is 89.5 Å². The maximum absolute atomic E-state index is 13.0. The summed E-state index contributed by atoms with van der Waals surface area (Å²) in [7, 11) is 0. The quantitative estimate of drug-likeness (QED) is 0.281. The van der Waals surface area contributed by atoms with Gasteiger partial charge in [-0.25, -0.2) is 9.59 Å². The average molecular weight is 500 g/mol. The van der Waals surface area contributed by atoms with Crippen molar-refractivity contribution in [3.8, 4) is 0 Å². The lowest BCUT2D eigenvalue weighted by atomic mass is 9.80. The van der Waals surface area contributed by atoms with Crippen LogP contribution in [0.3, 0.4) is 0 Å². The van der Waals surface area contributed by atoms with Crippen molar-refractivity contribution in [1.82, 2.24) is 5.32 Å². The van der Waals surface area contributed by atoms with Crippen molar-refractivity contribution in [1.29, 1.82) is 0 Å². The lowest BCUT2D eigenvalue weighted by molar-refractivity contribution is -0.683. The summed E-state index contributed by atoms with van der Waals surface area (Å²) in [5, 5.41) is 5.23. The van der Waals surface area contributed by atoms with Gasteiger partial charge in [-0.15, -0.1) is 0 Å². The number of dihydropyridines is 1. The number of pyridine rings is 1. The number of rotatable bonds is 8. The Balaban J connectivity index is 1.64. The first-order chi connectivity index (χ1) is 17.8. The van der Waals surface area contributed by atoms with Crippen LogP contribution in [-0.4, -0.2) is 30.9 Å². The molecule has 0 fully saturated rings. The predicted octanol–water partition coefficient (Wildman–Crippen LogP) is 4.37. The molecule has 7 heteroatoms. The number of hydrogen-bond donors (Lipinski definition) is 1. The number of fused-ring (bicyclic) bond motifs is 1. The summed E-state index contributed by atoms with van der Waals surface area (Å²) >= 11 is 0. The Morgan fingerprint density at radius 1 is 0.811 bits per heavy atom. The molecule has 1 N–H and O–H groups in total. The molecule has 0 unspecified atom stereocenters. The van der Waals surface area contributed by atoms with Crippen molar-refractivity contribution in [2.75, 3.05) is 13.2 Å². The number of nitrogens with zero attached hydrogens (tertiary/aromatic N) is 1. The summed E-state index contributed by atoms with van der Waals surface area (Å²) in [4.78, 5) is 38.9. The molecule has 1 aliphatic heterocycles. The Kier molecular flexibility index (Phi) is 7.82. The summed E-state index contributed by atoms with van der Waals surface area (Å²) in [6.07, 6.45) is 3.57. The zero-order valence-electron chi connectivity index (χ0n) is 21.5. The van der Waals surface area contributed by atoms with Crippen molar-refractivity contribution in [2.24, 2.45) is 0 Å². The third-order valence-electron chi connectivity index (χ3n) is 6.40. The van der Waals surface area contributed by atoms with Gasteiger partial charge in [-0.05, 0) is 50.1 Å². The molecule has 0 saturated carbocycles. The van der Waals surface area contributed by atoms with Crippen molar-refractivity contribution < 1.29 is 28.4 Å². The molecule has 0 amide bonds. The number of hydrogen-bond acceptors (Lipinski definition) is 6. The third kappa shape index (κ3) is 5.45. The van der Waals surface area contributed by atoms with Gasteiger partial charge in [-0.2, -0.15) is 4.57 Å². The van der Waals surface area contributed by atoms with Crippen molar-refractivity contribution >= 4 is 28.5 Å². The number of aromatic nitrogens is 1. The first-order valence-electron chi connectivity index (χ1n) is 12.4. The average Bonchev–Trinajstić information content (AvgIpc) is 2.88. The van der Waals surface area contributed by atoms with Gasteiger partial charge in [0.15, 0.2) is 12.4 Å². The van der Waals surface area contributed by atoms with E-state index in [9.17, 15) is 14.4 Å². The summed E-state index contributed by atoms with van der Waals surface area (Å²) in [5.41, 5.74) is 3.33. The van der Waals surface area contributed by atoms with E-state index in [-0.39, 0.29) is 25.5 Å². The standard InChI is InChI=1S/C30H30N2O5/c1-5-36-29(34)26-19(3)31-20(4)27(30(35)37-6-2)28(26)22-13-15-32(16-14-22)18-25(33)24-12-11-21-9-7-8-10-23(21)17-24/h7-17,28H,5-6,18H2,1-4H3/p+1. The summed E-state index contributed by atoms with van der Waals surface area (Å²) in [6, 6.07) is 17.3. The van der Waals surface area contributed by atoms with E-state index in [2.05, 4.69) is 5.32 Å². The minimum Gasteiger partial charge on any atom is -0.463 e. The molecule has 0 atom stereocenters. The number of ketones is 1. The van der Waals surface area contributed by atoms with E-state index in [4.69, 9.17) is 9.47 Å². The molecule has 0 aliphatic carbocycles. The summed E-state index contributed by atoms with van der Waals surface area (Å²) in [6.45, 7) is 7.64. The van der Waals surface area contributed by atoms with Crippen molar-refractivity contribution in [3.05, 3.63) is 101 Å². The maximum atomic E-state index is 13.0. The number of Topliss-reactive ketones (excluding diaryl/α,β-unsaturated/α-hetero) is 1. The zero-order chi connectivity index (χ0) is 26.5. The smallest absolute Gasteiger partial charge is 0.336 e. The Bertz CT molecular complexity index is 1380. The Labute approximate surface area is 216 Å². The molecule has 2 heterocycles. The number of esters is 2. The topological polar surface area (TPSA) is 85.6 Å².